The summed E-state index contributed by atoms with van der Waals surface area (Å²) in [5.41, 5.74) is 1.05. The van der Waals surface area contributed by atoms with Crippen molar-refractivity contribution in [3.63, 3.8) is 0 Å². The predicted molar refractivity (Wildman–Crippen MR) is 98.4 cm³/mol. The molecule has 1 aromatic carbocycles. The van der Waals surface area contributed by atoms with Crippen molar-refractivity contribution < 1.29 is 14.3 Å². The molecule has 6 heteroatoms. The van der Waals surface area contributed by atoms with Crippen LogP contribution >= 0.6 is 0 Å². The summed E-state index contributed by atoms with van der Waals surface area (Å²) >= 11 is 0. The highest BCUT2D eigenvalue weighted by Crippen LogP contribution is 2.52. The minimum Gasteiger partial charge on any atom is -0.360 e. The zero-order valence-corrected chi connectivity index (χ0v) is 14.6. The molecule has 6 nitrogen and oxygen atoms in total. The Hall–Kier alpha value is -2.99. The summed E-state index contributed by atoms with van der Waals surface area (Å²) in [5, 5.41) is 2.93. The van der Waals surface area contributed by atoms with Crippen molar-refractivity contribution in [1.29, 1.82) is 0 Å². The van der Waals surface area contributed by atoms with Gasteiger partial charge in [0.25, 0.3) is 0 Å². The number of pyridine rings is 1. The maximum atomic E-state index is 13.2. The van der Waals surface area contributed by atoms with Crippen molar-refractivity contribution in [1.82, 2.24) is 9.88 Å². The number of rotatable bonds is 4. The zero-order chi connectivity index (χ0) is 18.4. The Morgan fingerprint density at radius 3 is 2.78 bits per heavy atom. The fourth-order valence-electron chi connectivity index (χ4n) is 4.47. The van der Waals surface area contributed by atoms with Gasteiger partial charge in [-0.25, -0.2) is 0 Å². The molecule has 0 radical (unpaired) electrons. The van der Waals surface area contributed by atoms with Crippen molar-refractivity contribution in [2.45, 2.75) is 18.2 Å². The fourth-order valence-corrected chi connectivity index (χ4v) is 4.47. The van der Waals surface area contributed by atoms with Gasteiger partial charge in [0.1, 0.15) is 5.60 Å². The van der Waals surface area contributed by atoms with Crippen molar-refractivity contribution in [3.8, 4) is 0 Å². The summed E-state index contributed by atoms with van der Waals surface area (Å²) in [7, 11) is 0. The molecular weight excluding hydrogens is 342 g/mol. The Kier molecular flexibility index (Phi) is 3.62. The van der Waals surface area contributed by atoms with Crippen LogP contribution in [0.2, 0.25) is 0 Å². The molecule has 2 aromatic rings. The molecule has 1 aromatic heterocycles. The molecule has 2 amide bonds. The normalized spacial score (nSPS) is 30.6. The van der Waals surface area contributed by atoms with Gasteiger partial charge in [-0.3, -0.25) is 14.6 Å². The van der Waals surface area contributed by atoms with Gasteiger partial charge >= 0.3 is 0 Å². The molecule has 5 rings (SSSR count). The van der Waals surface area contributed by atoms with Crippen LogP contribution in [0.1, 0.15) is 5.56 Å². The van der Waals surface area contributed by atoms with E-state index in [1.165, 1.54) is 0 Å². The van der Waals surface area contributed by atoms with Gasteiger partial charge in [0.05, 0.1) is 24.5 Å². The average molecular weight is 361 g/mol. The standard InChI is InChI=1S/C21H19N3O3/c25-19(23-15-4-2-1-3-5-15)17-16-6-9-21(27-16)13-24(20(26)18(17)21)12-14-7-10-22-11-8-14/h1-11,16-18H,12-13H2,(H,23,25)/t16-,17+,18-,21-/m0/s1. The molecule has 0 unspecified atom stereocenters. The van der Waals surface area contributed by atoms with E-state index >= 15 is 0 Å². The van der Waals surface area contributed by atoms with Crippen LogP contribution < -0.4 is 5.32 Å². The molecule has 27 heavy (non-hydrogen) atoms. The first-order chi connectivity index (χ1) is 13.2. The summed E-state index contributed by atoms with van der Waals surface area (Å²) in [4.78, 5) is 31.9. The first kappa shape index (κ1) is 16.2. The van der Waals surface area contributed by atoms with Gasteiger partial charge in [-0.05, 0) is 29.8 Å². The second-order valence-electron chi connectivity index (χ2n) is 7.31. The summed E-state index contributed by atoms with van der Waals surface area (Å²) < 4.78 is 6.15. The Labute approximate surface area is 156 Å². The van der Waals surface area contributed by atoms with E-state index in [-0.39, 0.29) is 17.9 Å². The molecule has 1 N–H and O–H groups in total. The first-order valence-electron chi connectivity index (χ1n) is 9.07. The molecule has 2 fully saturated rings. The van der Waals surface area contributed by atoms with Crippen LogP contribution in [0.4, 0.5) is 5.69 Å². The molecule has 0 aliphatic carbocycles. The lowest BCUT2D eigenvalue weighted by molar-refractivity contribution is -0.136. The lowest BCUT2D eigenvalue weighted by Gasteiger charge is -2.23. The third-order valence-corrected chi connectivity index (χ3v) is 5.65. The third kappa shape index (κ3) is 2.56. The number of aromatic nitrogens is 1. The van der Waals surface area contributed by atoms with E-state index in [9.17, 15) is 9.59 Å². The van der Waals surface area contributed by atoms with E-state index in [0.717, 1.165) is 11.3 Å². The zero-order valence-electron chi connectivity index (χ0n) is 14.6. The van der Waals surface area contributed by atoms with E-state index in [0.29, 0.717) is 13.1 Å². The molecule has 136 valence electrons. The largest absolute Gasteiger partial charge is 0.360 e. The molecule has 2 bridgehead atoms. The van der Waals surface area contributed by atoms with Crippen LogP contribution in [0.15, 0.2) is 67.0 Å². The molecular formula is C21H19N3O3. The van der Waals surface area contributed by atoms with Crippen molar-refractivity contribution in [2.75, 3.05) is 11.9 Å². The van der Waals surface area contributed by atoms with Crippen molar-refractivity contribution in [3.05, 3.63) is 72.6 Å². The van der Waals surface area contributed by atoms with Gasteiger partial charge in [-0.1, -0.05) is 30.4 Å². The van der Waals surface area contributed by atoms with Crippen LogP contribution in [0.25, 0.3) is 0 Å². The highest BCUT2D eigenvalue weighted by Gasteiger charge is 2.66. The lowest BCUT2D eigenvalue weighted by atomic mass is 9.77. The monoisotopic (exact) mass is 361 g/mol. The molecule has 4 heterocycles. The minimum absolute atomic E-state index is 0.0214. The summed E-state index contributed by atoms with van der Waals surface area (Å²) in [6.45, 7) is 0.968. The minimum atomic E-state index is -0.687. The third-order valence-electron chi connectivity index (χ3n) is 5.65. The van der Waals surface area contributed by atoms with Crippen LogP contribution in [-0.2, 0) is 20.9 Å². The average Bonchev–Trinajstić information content (AvgIpc) is 3.32. The summed E-state index contributed by atoms with van der Waals surface area (Å²) in [5.74, 6) is -1.17. The van der Waals surface area contributed by atoms with Crippen LogP contribution in [-0.4, -0.2) is 39.9 Å². The van der Waals surface area contributed by atoms with Crippen LogP contribution in [0.3, 0.4) is 0 Å². The predicted octanol–water partition coefficient (Wildman–Crippen LogP) is 2.00. The number of carbonyl (C=O) groups is 2. The van der Waals surface area contributed by atoms with E-state index in [4.69, 9.17) is 4.74 Å². The number of hydrogen-bond donors (Lipinski definition) is 1. The van der Waals surface area contributed by atoms with Crippen LogP contribution in [0, 0.1) is 11.8 Å². The molecule has 1 spiro atoms. The van der Waals surface area contributed by atoms with Gasteiger partial charge in [-0.2, -0.15) is 0 Å². The first-order valence-corrected chi connectivity index (χ1v) is 9.07. The highest BCUT2D eigenvalue weighted by atomic mass is 16.5. The molecule has 3 aliphatic heterocycles. The van der Waals surface area contributed by atoms with E-state index in [1.54, 1.807) is 17.3 Å². The Bertz CT molecular complexity index is 915. The number of nitrogens with one attached hydrogen (secondary N) is 1. The molecule has 0 saturated carbocycles. The summed E-state index contributed by atoms with van der Waals surface area (Å²) in [6, 6.07) is 13.1. The van der Waals surface area contributed by atoms with Gasteiger partial charge < -0.3 is 15.0 Å². The van der Waals surface area contributed by atoms with Gasteiger partial charge in [0.15, 0.2) is 0 Å². The van der Waals surface area contributed by atoms with E-state index in [1.807, 2.05) is 54.6 Å². The number of fused-ring (bicyclic) bond motifs is 1. The number of carbonyl (C=O) groups excluding carboxylic acids is 2. The number of nitrogens with zero attached hydrogens (tertiary/aromatic N) is 2. The molecule has 2 saturated heterocycles. The lowest BCUT2D eigenvalue weighted by Crippen LogP contribution is -2.41. The fraction of sp³-hybridized carbons (Fsp3) is 0.286. The number of anilines is 1. The number of hydrogen-bond acceptors (Lipinski definition) is 4. The maximum Gasteiger partial charge on any atom is 0.231 e. The van der Waals surface area contributed by atoms with Crippen molar-refractivity contribution in [2.24, 2.45) is 11.8 Å². The number of likely N-dealkylation sites (tertiary alicyclic amines) is 1. The number of ether oxygens (including phenoxy) is 1. The second kappa shape index (κ2) is 6.03. The van der Waals surface area contributed by atoms with Gasteiger partial charge in [0.2, 0.25) is 11.8 Å². The Morgan fingerprint density at radius 1 is 1.22 bits per heavy atom. The van der Waals surface area contributed by atoms with Crippen LogP contribution in [0.5, 0.6) is 0 Å². The van der Waals surface area contributed by atoms with E-state index < -0.39 is 17.4 Å². The van der Waals surface area contributed by atoms with E-state index in [2.05, 4.69) is 10.3 Å². The molecule has 3 aliphatic rings. The summed E-state index contributed by atoms with van der Waals surface area (Å²) in [6.07, 6.45) is 6.99. The highest BCUT2D eigenvalue weighted by molar-refractivity contribution is 5.99. The smallest absolute Gasteiger partial charge is 0.231 e. The Morgan fingerprint density at radius 2 is 2.00 bits per heavy atom. The number of benzene rings is 1. The second-order valence-corrected chi connectivity index (χ2v) is 7.31. The Balaban J connectivity index is 1.39. The van der Waals surface area contributed by atoms with Gasteiger partial charge in [0, 0.05) is 24.6 Å². The number of amides is 2. The molecule has 4 atom stereocenters. The maximum absolute atomic E-state index is 13.2. The number of para-hydroxylation sites is 1. The SMILES string of the molecule is O=C(Nc1ccccc1)[C@@H]1[C@@H]2C=C[C@@]3(CN(Cc4ccncc4)C(=O)[C@H]13)O2. The quantitative estimate of drug-likeness (QED) is 0.846. The van der Waals surface area contributed by atoms with Gasteiger partial charge in [-0.15, -0.1) is 0 Å². The van der Waals surface area contributed by atoms with Crippen molar-refractivity contribution >= 4 is 17.5 Å². The topological polar surface area (TPSA) is 71.5 Å².